The van der Waals surface area contributed by atoms with Gasteiger partial charge in [0, 0.05) is 24.8 Å². The predicted molar refractivity (Wildman–Crippen MR) is 89.8 cm³/mol. The van der Waals surface area contributed by atoms with Crippen LogP contribution in [0, 0.1) is 17.3 Å². The molecule has 0 aromatic carbocycles. The molecule has 132 valence electrons. The molecule has 6 nitrogen and oxygen atoms in total. The molecule has 0 amide bonds. The van der Waals surface area contributed by atoms with Crippen LogP contribution in [0.15, 0.2) is 24.8 Å². The van der Waals surface area contributed by atoms with Crippen molar-refractivity contribution < 1.29 is 14.3 Å². The molecule has 2 fully saturated rings. The summed E-state index contributed by atoms with van der Waals surface area (Å²) in [5.41, 5.74) is -0.142. The topological polar surface area (TPSA) is 81.2 Å². The summed E-state index contributed by atoms with van der Waals surface area (Å²) in [6, 6.07) is -0.263. The highest BCUT2D eigenvalue weighted by Gasteiger charge is 2.43. The van der Waals surface area contributed by atoms with Crippen molar-refractivity contribution in [3.63, 3.8) is 0 Å². The fourth-order valence-electron chi connectivity index (χ4n) is 3.34. The van der Waals surface area contributed by atoms with Gasteiger partial charge in [0.15, 0.2) is 0 Å². The fraction of sp³-hybridized carbons (Fsp3) is 0.667. The molecule has 3 atom stereocenters. The van der Waals surface area contributed by atoms with Gasteiger partial charge in [-0.05, 0) is 36.6 Å². The lowest BCUT2D eigenvalue weighted by atomic mass is 9.92. The summed E-state index contributed by atoms with van der Waals surface area (Å²) < 4.78 is 4.98. The normalized spacial score (nSPS) is 25.4. The number of fused-ring (bicyclic) bond motifs is 1. The van der Waals surface area contributed by atoms with E-state index >= 15 is 0 Å². The molecule has 3 unspecified atom stereocenters. The van der Waals surface area contributed by atoms with Crippen LogP contribution < -0.4 is 5.32 Å². The highest BCUT2D eigenvalue weighted by molar-refractivity contribution is 5.89. The second kappa shape index (κ2) is 8.33. The molecule has 24 heavy (non-hydrogen) atoms. The number of hydrogen-bond donors (Lipinski definition) is 1. The second-order valence-corrected chi connectivity index (χ2v) is 7.67. The number of carbonyl (C=O) groups is 2. The molecule has 1 aliphatic heterocycles. The van der Waals surface area contributed by atoms with Crippen molar-refractivity contribution in [1.82, 2.24) is 15.3 Å². The van der Waals surface area contributed by atoms with Crippen molar-refractivity contribution in [3.8, 4) is 0 Å². The smallest absolute Gasteiger partial charge is 0.331 e. The number of nitrogens with zero attached hydrogens (tertiary/aromatic N) is 2. The summed E-state index contributed by atoms with van der Waals surface area (Å²) in [4.78, 5) is 31.1. The predicted octanol–water partition coefficient (Wildman–Crippen LogP) is 2.36. The van der Waals surface area contributed by atoms with Crippen molar-refractivity contribution in [3.05, 3.63) is 24.8 Å². The Bertz CT molecular complexity index is 515. The van der Waals surface area contributed by atoms with Crippen LogP contribution in [0.3, 0.4) is 0 Å². The Kier molecular flexibility index (Phi) is 6.43. The Morgan fingerprint density at radius 1 is 1.12 bits per heavy atom. The van der Waals surface area contributed by atoms with E-state index < -0.39 is 5.97 Å². The van der Waals surface area contributed by atoms with E-state index in [2.05, 4.69) is 15.3 Å². The van der Waals surface area contributed by atoms with Gasteiger partial charge in [0.05, 0.1) is 6.42 Å². The second-order valence-electron chi connectivity index (χ2n) is 7.67. The quantitative estimate of drug-likeness (QED) is 0.661. The van der Waals surface area contributed by atoms with Gasteiger partial charge in [0.1, 0.15) is 6.04 Å². The van der Waals surface area contributed by atoms with Crippen molar-refractivity contribution in [2.75, 3.05) is 6.54 Å². The summed E-state index contributed by atoms with van der Waals surface area (Å²) in [5.74, 6) is 0.189. The average molecular weight is 333 g/mol. The van der Waals surface area contributed by atoms with Gasteiger partial charge in [-0.2, -0.15) is 0 Å². The van der Waals surface area contributed by atoms with Crippen molar-refractivity contribution in [2.24, 2.45) is 17.3 Å². The molecule has 1 aromatic heterocycles. The van der Waals surface area contributed by atoms with E-state index in [1.165, 1.54) is 12.8 Å². The van der Waals surface area contributed by atoms with Crippen LogP contribution in [0.5, 0.6) is 0 Å². The lowest BCUT2D eigenvalue weighted by molar-refractivity contribution is -0.162. The highest BCUT2D eigenvalue weighted by atomic mass is 16.6. The molecule has 1 saturated carbocycles. The molecule has 3 rings (SSSR count). The Morgan fingerprint density at radius 3 is 2.29 bits per heavy atom. The van der Waals surface area contributed by atoms with E-state index in [1.807, 2.05) is 20.8 Å². The zero-order valence-corrected chi connectivity index (χ0v) is 14.7. The molecule has 0 bridgehead atoms. The Balaban J connectivity index is 0.000000292. The van der Waals surface area contributed by atoms with Gasteiger partial charge in [0.2, 0.25) is 0 Å². The van der Waals surface area contributed by atoms with Crippen molar-refractivity contribution in [2.45, 2.75) is 52.5 Å². The SMILES string of the molecule is CC(C)(C)CC(=O)OC(=O)C1NCC2CCCC21.c1cnccn1. The van der Waals surface area contributed by atoms with Gasteiger partial charge < -0.3 is 10.1 Å². The summed E-state index contributed by atoms with van der Waals surface area (Å²) in [7, 11) is 0. The minimum absolute atomic E-state index is 0.142. The minimum Gasteiger partial charge on any atom is -0.392 e. The zero-order chi connectivity index (χ0) is 17.6. The van der Waals surface area contributed by atoms with Crippen LogP contribution >= 0.6 is 0 Å². The largest absolute Gasteiger partial charge is 0.392 e. The number of nitrogens with one attached hydrogen (secondary N) is 1. The lowest BCUT2D eigenvalue weighted by Crippen LogP contribution is -2.38. The first-order valence-corrected chi connectivity index (χ1v) is 8.55. The maximum absolute atomic E-state index is 12.0. The van der Waals surface area contributed by atoms with E-state index in [-0.39, 0.29) is 23.8 Å². The van der Waals surface area contributed by atoms with Crippen molar-refractivity contribution >= 4 is 11.9 Å². The molecule has 1 aliphatic carbocycles. The zero-order valence-electron chi connectivity index (χ0n) is 14.7. The molecule has 6 heteroatoms. The number of carbonyl (C=O) groups excluding carboxylic acids is 2. The van der Waals surface area contributed by atoms with Gasteiger partial charge in [-0.3, -0.25) is 14.8 Å². The van der Waals surface area contributed by atoms with Crippen LogP contribution in [0.25, 0.3) is 0 Å². The molecule has 1 saturated heterocycles. The van der Waals surface area contributed by atoms with E-state index in [0.717, 1.165) is 13.0 Å². The van der Waals surface area contributed by atoms with Gasteiger partial charge in [0.25, 0.3) is 0 Å². The number of ether oxygens (including phenoxy) is 1. The summed E-state index contributed by atoms with van der Waals surface area (Å²) >= 11 is 0. The van der Waals surface area contributed by atoms with E-state index in [1.54, 1.807) is 24.8 Å². The summed E-state index contributed by atoms with van der Waals surface area (Å²) in [6.07, 6.45) is 10.3. The average Bonchev–Trinajstić information content (AvgIpc) is 3.10. The molecule has 1 N–H and O–H groups in total. The third-order valence-electron chi connectivity index (χ3n) is 4.37. The Morgan fingerprint density at radius 2 is 1.75 bits per heavy atom. The maximum atomic E-state index is 12.0. The van der Waals surface area contributed by atoms with Gasteiger partial charge in [-0.25, -0.2) is 4.79 Å². The maximum Gasteiger partial charge on any atom is 0.331 e. The van der Waals surface area contributed by atoms with Crippen LogP contribution in [0.1, 0.15) is 46.5 Å². The molecule has 0 radical (unpaired) electrons. The van der Waals surface area contributed by atoms with Gasteiger partial charge in [-0.1, -0.05) is 27.2 Å². The number of esters is 2. The summed E-state index contributed by atoms with van der Waals surface area (Å²) in [5, 5.41) is 3.20. The van der Waals surface area contributed by atoms with Crippen LogP contribution in [0.2, 0.25) is 0 Å². The van der Waals surface area contributed by atoms with Crippen LogP contribution in [0.4, 0.5) is 0 Å². The van der Waals surface area contributed by atoms with Gasteiger partial charge in [-0.15, -0.1) is 0 Å². The van der Waals surface area contributed by atoms with E-state index in [0.29, 0.717) is 11.8 Å². The molecule has 2 aliphatic rings. The minimum atomic E-state index is -0.407. The number of aromatic nitrogens is 2. The first kappa shape index (κ1) is 18.5. The first-order valence-electron chi connectivity index (χ1n) is 8.55. The standard InChI is InChI=1S/C14H23NO3.C4H4N2/c1-14(2,3)7-11(16)18-13(17)12-10-6-4-5-9(10)8-15-12;1-2-6-4-3-5-1/h9-10,12,15H,4-8H2,1-3H3;1-4H. The van der Waals surface area contributed by atoms with Crippen LogP contribution in [-0.4, -0.2) is 34.5 Å². The molecule has 1 aromatic rings. The first-order chi connectivity index (χ1) is 11.4. The Hall–Kier alpha value is -1.82. The molecular weight excluding hydrogens is 306 g/mol. The van der Waals surface area contributed by atoms with Gasteiger partial charge >= 0.3 is 11.9 Å². The Labute approximate surface area is 143 Å². The molecule has 0 spiro atoms. The third kappa shape index (κ3) is 5.67. The van der Waals surface area contributed by atoms with Crippen LogP contribution in [-0.2, 0) is 14.3 Å². The number of hydrogen-bond acceptors (Lipinski definition) is 6. The third-order valence-corrected chi connectivity index (χ3v) is 4.37. The number of rotatable bonds is 2. The monoisotopic (exact) mass is 333 g/mol. The van der Waals surface area contributed by atoms with Crippen molar-refractivity contribution in [1.29, 1.82) is 0 Å². The lowest BCUT2D eigenvalue weighted by Gasteiger charge is -2.19. The highest BCUT2D eigenvalue weighted by Crippen LogP contribution is 2.38. The summed E-state index contributed by atoms with van der Waals surface area (Å²) in [6.45, 7) is 6.76. The van der Waals surface area contributed by atoms with E-state index in [9.17, 15) is 9.59 Å². The fourth-order valence-corrected chi connectivity index (χ4v) is 3.34. The molecular formula is C18H27N3O3. The molecule has 2 heterocycles. The van der Waals surface area contributed by atoms with E-state index in [4.69, 9.17) is 4.74 Å².